The Labute approximate surface area is 94.4 Å². The molecule has 2 fully saturated rings. The van der Waals surface area contributed by atoms with Gasteiger partial charge in [-0.25, -0.2) is 0 Å². The van der Waals surface area contributed by atoms with E-state index in [2.05, 4.69) is 31.0 Å². The molecule has 1 heterocycles. The van der Waals surface area contributed by atoms with Crippen LogP contribution in [-0.2, 0) is 0 Å². The quantitative estimate of drug-likeness (QED) is 0.747. The molecule has 0 bridgehead atoms. The van der Waals surface area contributed by atoms with Crippen molar-refractivity contribution in [3.05, 3.63) is 0 Å². The number of rotatable bonds is 5. The highest BCUT2D eigenvalue weighted by Crippen LogP contribution is 2.29. The SMILES string of the molecule is CC(C)CN(CC1NCCC1C)C1CC1. The van der Waals surface area contributed by atoms with Crippen LogP contribution in [0, 0.1) is 11.8 Å². The Bertz CT molecular complexity index is 199. The second-order valence-corrected chi connectivity index (χ2v) is 5.91. The molecule has 15 heavy (non-hydrogen) atoms. The van der Waals surface area contributed by atoms with Gasteiger partial charge in [0.05, 0.1) is 0 Å². The zero-order valence-corrected chi connectivity index (χ0v) is 10.5. The largest absolute Gasteiger partial charge is 0.312 e. The lowest BCUT2D eigenvalue weighted by Crippen LogP contribution is -2.42. The first-order valence-electron chi connectivity index (χ1n) is 6.64. The van der Waals surface area contributed by atoms with Crippen molar-refractivity contribution in [1.29, 1.82) is 0 Å². The third kappa shape index (κ3) is 3.18. The number of hydrogen-bond donors (Lipinski definition) is 1. The highest BCUT2D eigenvalue weighted by atomic mass is 15.2. The molecule has 0 aromatic carbocycles. The maximum atomic E-state index is 3.65. The van der Waals surface area contributed by atoms with Crippen LogP contribution in [0.5, 0.6) is 0 Å². The molecule has 2 heteroatoms. The van der Waals surface area contributed by atoms with Crippen molar-refractivity contribution in [2.24, 2.45) is 11.8 Å². The fraction of sp³-hybridized carbons (Fsp3) is 1.00. The Hall–Kier alpha value is -0.0800. The van der Waals surface area contributed by atoms with Gasteiger partial charge in [-0.15, -0.1) is 0 Å². The third-order valence-electron chi connectivity index (χ3n) is 3.79. The van der Waals surface area contributed by atoms with Crippen molar-refractivity contribution >= 4 is 0 Å². The first-order chi connectivity index (χ1) is 7.16. The second-order valence-electron chi connectivity index (χ2n) is 5.91. The molecule has 0 spiro atoms. The zero-order valence-electron chi connectivity index (χ0n) is 10.5. The van der Waals surface area contributed by atoms with Crippen LogP contribution in [-0.4, -0.2) is 36.6 Å². The molecule has 0 amide bonds. The summed E-state index contributed by atoms with van der Waals surface area (Å²) in [5.74, 6) is 1.68. The molecule has 1 saturated carbocycles. The van der Waals surface area contributed by atoms with Gasteiger partial charge in [0.15, 0.2) is 0 Å². The molecule has 1 aliphatic carbocycles. The summed E-state index contributed by atoms with van der Waals surface area (Å²) in [5, 5.41) is 3.65. The van der Waals surface area contributed by atoms with E-state index in [1.165, 1.54) is 38.9 Å². The van der Waals surface area contributed by atoms with Crippen LogP contribution in [0.3, 0.4) is 0 Å². The summed E-state index contributed by atoms with van der Waals surface area (Å²) in [6.45, 7) is 10.9. The number of nitrogens with one attached hydrogen (secondary N) is 1. The molecule has 2 unspecified atom stereocenters. The first kappa shape index (κ1) is 11.4. The molecule has 88 valence electrons. The van der Waals surface area contributed by atoms with Gasteiger partial charge in [-0.05, 0) is 37.6 Å². The summed E-state index contributed by atoms with van der Waals surface area (Å²) < 4.78 is 0. The molecule has 1 saturated heterocycles. The van der Waals surface area contributed by atoms with E-state index in [0.29, 0.717) is 0 Å². The summed E-state index contributed by atoms with van der Waals surface area (Å²) in [7, 11) is 0. The number of hydrogen-bond acceptors (Lipinski definition) is 2. The van der Waals surface area contributed by atoms with Gasteiger partial charge in [0.1, 0.15) is 0 Å². The Kier molecular flexibility index (Phi) is 3.68. The molecular formula is C13H26N2. The van der Waals surface area contributed by atoms with E-state index in [0.717, 1.165) is 23.9 Å². The van der Waals surface area contributed by atoms with Crippen LogP contribution in [0.4, 0.5) is 0 Å². The smallest absolute Gasteiger partial charge is 0.0221 e. The topological polar surface area (TPSA) is 15.3 Å². The van der Waals surface area contributed by atoms with E-state index in [9.17, 15) is 0 Å². The fourth-order valence-electron chi connectivity index (χ4n) is 2.68. The summed E-state index contributed by atoms with van der Waals surface area (Å²) in [4.78, 5) is 2.73. The van der Waals surface area contributed by atoms with Gasteiger partial charge in [-0.2, -0.15) is 0 Å². The van der Waals surface area contributed by atoms with E-state index < -0.39 is 0 Å². The summed E-state index contributed by atoms with van der Waals surface area (Å²) in [6.07, 6.45) is 4.24. The minimum Gasteiger partial charge on any atom is -0.312 e. The predicted octanol–water partition coefficient (Wildman–Crippen LogP) is 2.10. The van der Waals surface area contributed by atoms with Gasteiger partial charge in [0.2, 0.25) is 0 Å². The van der Waals surface area contributed by atoms with Crippen molar-refractivity contribution in [1.82, 2.24) is 10.2 Å². The molecule has 1 N–H and O–H groups in total. The molecule has 0 aromatic rings. The lowest BCUT2D eigenvalue weighted by Gasteiger charge is -2.28. The standard InChI is InChI=1S/C13H26N2/c1-10(2)8-15(12-4-5-12)9-13-11(3)6-7-14-13/h10-14H,4-9H2,1-3H3. The summed E-state index contributed by atoms with van der Waals surface area (Å²) in [5.41, 5.74) is 0. The van der Waals surface area contributed by atoms with E-state index >= 15 is 0 Å². The van der Waals surface area contributed by atoms with Crippen LogP contribution in [0.1, 0.15) is 40.0 Å². The molecular weight excluding hydrogens is 184 g/mol. The normalized spacial score (nSPS) is 31.8. The molecule has 2 aliphatic rings. The van der Waals surface area contributed by atoms with Crippen molar-refractivity contribution in [2.75, 3.05) is 19.6 Å². The van der Waals surface area contributed by atoms with E-state index in [-0.39, 0.29) is 0 Å². The van der Waals surface area contributed by atoms with Gasteiger partial charge >= 0.3 is 0 Å². The van der Waals surface area contributed by atoms with E-state index in [1.54, 1.807) is 0 Å². The van der Waals surface area contributed by atoms with E-state index in [1.807, 2.05) is 0 Å². The Morgan fingerprint density at radius 3 is 2.47 bits per heavy atom. The van der Waals surface area contributed by atoms with Gasteiger partial charge in [0, 0.05) is 25.2 Å². The Morgan fingerprint density at radius 2 is 2.00 bits per heavy atom. The monoisotopic (exact) mass is 210 g/mol. The van der Waals surface area contributed by atoms with Gasteiger partial charge in [0.25, 0.3) is 0 Å². The molecule has 0 radical (unpaired) electrons. The van der Waals surface area contributed by atoms with Crippen molar-refractivity contribution in [3.8, 4) is 0 Å². The Balaban J connectivity index is 1.82. The van der Waals surface area contributed by atoms with Crippen LogP contribution < -0.4 is 5.32 Å². The zero-order chi connectivity index (χ0) is 10.8. The highest BCUT2D eigenvalue weighted by molar-refractivity contribution is 4.90. The van der Waals surface area contributed by atoms with Crippen LogP contribution in [0.25, 0.3) is 0 Å². The maximum absolute atomic E-state index is 3.65. The average Bonchev–Trinajstić information content (AvgIpc) is 2.92. The van der Waals surface area contributed by atoms with Crippen molar-refractivity contribution in [3.63, 3.8) is 0 Å². The van der Waals surface area contributed by atoms with Crippen LogP contribution in [0.2, 0.25) is 0 Å². The molecule has 0 aromatic heterocycles. The maximum Gasteiger partial charge on any atom is 0.0221 e. The second kappa shape index (κ2) is 4.84. The van der Waals surface area contributed by atoms with Crippen molar-refractivity contribution in [2.45, 2.75) is 52.1 Å². The highest BCUT2D eigenvalue weighted by Gasteiger charge is 2.33. The lowest BCUT2D eigenvalue weighted by molar-refractivity contribution is 0.202. The van der Waals surface area contributed by atoms with Gasteiger partial charge in [-0.1, -0.05) is 20.8 Å². The third-order valence-corrected chi connectivity index (χ3v) is 3.79. The van der Waals surface area contributed by atoms with Crippen LogP contribution >= 0.6 is 0 Å². The summed E-state index contributed by atoms with van der Waals surface area (Å²) >= 11 is 0. The molecule has 1 aliphatic heterocycles. The predicted molar refractivity (Wildman–Crippen MR) is 65.0 cm³/mol. The molecule has 2 rings (SSSR count). The van der Waals surface area contributed by atoms with E-state index in [4.69, 9.17) is 0 Å². The Morgan fingerprint density at radius 1 is 1.27 bits per heavy atom. The summed E-state index contributed by atoms with van der Waals surface area (Å²) in [6, 6.07) is 1.67. The molecule has 2 atom stereocenters. The number of nitrogens with zero attached hydrogens (tertiary/aromatic N) is 1. The fourth-order valence-corrected chi connectivity index (χ4v) is 2.68. The first-order valence-corrected chi connectivity index (χ1v) is 6.64. The van der Waals surface area contributed by atoms with Crippen molar-refractivity contribution < 1.29 is 0 Å². The van der Waals surface area contributed by atoms with Crippen LogP contribution in [0.15, 0.2) is 0 Å². The molecule has 2 nitrogen and oxygen atoms in total. The minimum absolute atomic E-state index is 0.754. The minimum atomic E-state index is 0.754. The van der Waals surface area contributed by atoms with Gasteiger partial charge < -0.3 is 5.32 Å². The van der Waals surface area contributed by atoms with Gasteiger partial charge in [-0.3, -0.25) is 4.90 Å². The average molecular weight is 210 g/mol. The lowest BCUT2D eigenvalue weighted by atomic mass is 10.0.